The number of nitrogens with zero attached hydrogens (tertiary/aromatic N) is 1. The van der Waals surface area contributed by atoms with Crippen LogP contribution in [0, 0.1) is 17.8 Å². The lowest BCUT2D eigenvalue weighted by Gasteiger charge is -2.47. The summed E-state index contributed by atoms with van der Waals surface area (Å²) in [5, 5.41) is 3.73. The van der Waals surface area contributed by atoms with Crippen molar-refractivity contribution in [3.63, 3.8) is 0 Å². The molecule has 21 heavy (non-hydrogen) atoms. The second-order valence-corrected chi connectivity index (χ2v) is 7.54. The summed E-state index contributed by atoms with van der Waals surface area (Å²) in [5.74, 6) is 1.76. The zero-order valence-corrected chi connectivity index (χ0v) is 13.5. The molecule has 1 heterocycles. The maximum atomic E-state index is 12.0. The molecule has 1 aliphatic heterocycles. The van der Waals surface area contributed by atoms with Crippen LogP contribution >= 0.6 is 0 Å². The standard InChI is InChI=1S/C17H30N2O2/c1-12-6-16(7-12)19-10-14(17(20)21-2)8-15(11-19)18-9-13-4-3-5-13/h12-16,18H,3-11H2,1-2H3. The molecule has 0 bridgehead atoms. The van der Waals surface area contributed by atoms with Gasteiger partial charge in [0.25, 0.3) is 0 Å². The lowest BCUT2D eigenvalue weighted by molar-refractivity contribution is -0.148. The van der Waals surface area contributed by atoms with Gasteiger partial charge < -0.3 is 10.1 Å². The third-order valence-corrected chi connectivity index (χ3v) is 5.80. The van der Waals surface area contributed by atoms with Gasteiger partial charge in [0.15, 0.2) is 0 Å². The van der Waals surface area contributed by atoms with Gasteiger partial charge in [-0.15, -0.1) is 0 Å². The number of hydrogen-bond donors (Lipinski definition) is 1. The fraction of sp³-hybridized carbons (Fsp3) is 0.941. The highest BCUT2D eigenvalue weighted by Crippen LogP contribution is 2.34. The van der Waals surface area contributed by atoms with Gasteiger partial charge in [-0.2, -0.15) is 0 Å². The van der Waals surface area contributed by atoms with Crippen LogP contribution in [0.15, 0.2) is 0 Å². The normalized spacial score (nSPS) is 37.6. The zero-order chi connectivity index (χ0) is 14.8. The van der Waals surface area contributed by atoms with Crippen molar-refractivity contribution in [1.82, 2.24) is 10.2 Å². The van der Waals surface area contributed by atoms with Gasteiger partial charge in [-0.05, 0) is 50.5 Å². The summed E-state index contributed by atoms with van der Waals surface area (Å²) in [4.78, 5) is 14.5. The molecule has 3 fully saturated rings. The second kappa shape index (κ2) is 6.66. The number of carbonyl (C=O) groups is 1. The van der Waals surface area contributed by atoms with Crippen molar-refractivity contribution < 1.29 is 9.53 Å². The van der Waals surface area contributed by atoms with Crippen LogP contribution in [0.25, 0.3) is 0 Å². The van der Waals surface area contributed by atoms with Gasteiger partial charge >= 0.3 is 5.97 Å². The van der Waals surface area contributed by atoms with Crippen LogP contribution in [0.5, 0.6) is 0 Å². The highest BCUT2D eigenvalue weighted by atomic mass is 16.5. The maximum Gasteiger partial charge on any atom is 0.310 e. The van der Waals surface area contributed by atoms with E-state index >= 15 is 0 Å². The van der Waals surface area contributed by atoms with Crippen LogP contribution in [0.1, 0.15) is 45.4 Å². The first-order chi connectivity index (χ1) is 10.2. The highest BCUT2D eigenvalue weighted by Gasteiger charge is 2.39. The van der Waals surface area contributed by atoms with Gasteiger partial charge in [-0.25, -0.2) is 0 Å². The third kappa shape index (κ3) is 3.59. The molecule has 2 aliphatic carbocycles. The Hall–Kier alpha value is -0.610. The molecule has 2 atom stereocenters. The summed E-state index contributed by atoms with van der Waals surface area (Å²) < 4.78 is 5.00. The van der Waals surface area contributed by atoms with Gasteiger partial charge in [0.2, 0.25) is 0 Å². The average molecular weight is 294 g/mol. The van der Waals surface area contributed by atoms with Crippen molar-refractivity contribution in [2.45, 2.75) is 57.5 Å². The van der Waals surface area contributed by atoms with Crippen LogP contribution in [0.2, 0.25) is 0 Å². The van der Waals surface area contributed by atoms with Crippen molar-refractivity contribution >= 4 is 5.97 Å². The van der Waals surface area contributed by atoms with Crippen LogP contribution in [0.4, 0.5) is 0 Å². The number of carbonyl (C=O) groups excluding carboxylic acids is 1. The molecular weight excluding hydrogens is 264 g/mol. The Bertz CT molecular complexity index is 364. The number of nitrogens with one attached hydrogen (secondary N) is 1. The smallest absolute Gasteiger partial charge is 0.310 e. The molecule has 0 aromatic heterocycles. The minimum absolute atomic E-state index is 0.0254. The molecule has 0 spiro atoms. The molecular formula is C17H30N2O2. The largest absolute Gasteiger partial charge is 0.469 e. The lowest BCUT2D eigenvalue weighted by atomic mass is 9.79. The third-order valence-electron chi connectivity index (χ3n) is 5.80. The number of rotatable bonds is 5. The number of methoxy groups -OCH3 is 1. The van der Waals surface area contributed by atoms with Gasteiger partial charge in [0.1, 0.15) is 0 Å². The number of esters is 1. The summed E-state index contributed by atoms with van der Waals surface area (Å²) in [7, 11) is 1.52. The molecule has 3 aliphatic rings. The van der Waals surface area contributed by atoms with E-state index in [1.165, 1.54) is 39.2 Å². The molecule has 1 N–H and O–H groups in total. The summed E-state index contributed by atoms with van der Waals surface area (Å²) in [5.41, 5.74) is 0. The predicted molar refractivity (Wildman–Crippen MR) is 83.0 cm³/mol. The first kappa shape index (κ1) is 15.3. The Morgan fingerprint density at radius 2 is 2.00 bits per heavy atom. The van der Waals surface area contributed by atoms with E-state index in [2.05, 4.69) is 17.1 Å². The highest BCUT2D eigenvalue weighted by molar-refractivity contribution is 5.72. The van der Waals surface area contributed by atoms with Crippen molar-refractivity contribution in [1.29, 1.82) is 0 Å². The number of ether oxygens (including phenoxy) is 1. The van der Waals surface area contributed by atoms with Gasteiger partial charge in [-0.1, -0.05) is 13.3 Å². The minimum Gasteiger partial charge on any atom is -0.469 e. The number of likely N-dealkylation sites (tertiary alicyclic amines) is 1. The SMILES string of the molecule is COC(=O)C1CC(NCC2CCC2)CN(C2CC(C)C2)C1. The van der Waals surface area contributed by atoms with E-state index in [4.69, 9.17) is 4.74 Å². The van der Waals surface area contributed by atoms with Crippen LogP contribution in [0.3, 0.4) is 0 Å². The van der Waals surface area contributed by atoms with Crippen molar-refractivity contribution in [2.24, 2.45) is 17.8 Å². The summed E-state index contributed by atoms with van der Waals surface area (Å²) >= 11 is 0. The summed E-state index contributed by atoms with van der Waals surface area (Å²) in [6.45, 7) is 5.46. The average Bonchev–Trinajstić information content (AvgIpc) is 2.41. The Morgan fingerprint density at radius 1 is 1.24 bits per heavy atom. The van der Waals surface area contributed by atoms with E-state index in [1.54, 1.807) is 0 Å². The lowest BCUT2D eigenvalue weighted by Crippen LogP contribution is -2.57. The van der Waals surface area contributed by atoms with E-state index in [9.17, 15) is 4.79 Å². The quantitative estimate of drug-likeness (QED) is 0.788. The molecule has 0 amide bonds. The Kier molecular flexibility index (Phi) is 4.85. The van der Waals surface area contributed by atoms with Crippen LogP contribution in [-0.2, 0) is 9.53 Å². The predicted octanol–water partition coefficient (Wildman–Crippen LogP) is 2.04. The molecule has 0 aromatic rings. The van der Waals surface area contributed by atoms with E-state index in [1.807, 2.05) is 0 Å². The van der Waals surface area contributed by atoms with Crippen molar-refractivity contribution in [3.05, 3.63) is 0 Å². The summed E-state index contributed by atoms with van der Waals surface area (Å²) in [6.07, 6.45) is 7.69. The van der Waals surface area contributed by atoms with E-state index in [0.29, 0.717) is 12.1 Å². The molecule has 2 saturated carbocycles. The zero-order valence-electron chi connectivity index (χ0n) is 13.5. The molecule has 3 rings (SSSR count). The van der Waals surface area contributed by atoms with E-state index < -0.39 is 0 Å². The first-order valence-corrected chi connectivity index (χ1v) is 8.71. The molecule has 4 heteroatoms. The molecule has 1 saturated heterocycles. The first-order valence-electron chi connectivity index (χ1n) is 8.71. The van der Waals surface area contributed by atoms with Gasteiger partial charge in [-0.3, -0.25) is 9.69 Å². The van der Waals surface area contributed by atoms with E-state index in [0.717, 1.165) is 37.9 Å². The fourth-order valence-corrected chi connectivity index (χ4v) is 4.10. The molecule has 4 nitrogen and oxygen atoms in total. The van der Waals surface area contributed by atoms with Gasteiger partial charge in [0.05, 0.1) is 13.0 Å². The van der Waals surface area contributed by atoms with Crippen molar-refractivity contribution in [2.75, 3.05) is 26.7 Å². The van der Waals surface area contributed by atoms with Crippen molar-refractivity contribution in [3.8, 4) is 0 Å². The Balaban J connectivity index is 1.55. The molecule has 2 unspecified atom stereocenters. The van der Waals surface area contributed by atoms with Crippen LogP contribution in [-0.4, -0.2) is 49.7 Å². The Labute approximate surface area is 128 Å². The monoisotopic (exact) mass is 294 g/mol. The number of piperidine rings is 1. The molecule has 0 aromatic carbocycles. The topological polar surface area (TPSA) is 41.6 Å². The second-order valence-electron chi connectivity index (χ2n) is 7.54. The summed E-state index contributed by atoms with van der Waals surface area (Å²) in [6, 6.07) is 1.15. The minimum atomic E-state index is -0.0254. The fourth-order valence-electron chi connectivity index (χ4n) is 4.10. The number of hydrogen-bond acceptors (Lipinski definition) is 4. The van der Waals surface area contributed by atoms with Gasteiger partial charge in [0, 0.05) is 25.2 Å². The molecule has 0 radical (unpaired) electrons. The Morgan fingerprint density at radius 3 is 2.57 bits per heavy atom. The molecule has 120 valence electrons. The maximum absolute atomic E-state index is 12.0. The van der Waals surface area contributed by atoms with Crippen LogP contribution < -0.4 is 5.32 Å². The van der Waals surface area contributed by atoms with E-state index in [-0.39, 0.29) is 11.9 Å².